The number of alkyl carbamates (subject to hydrolysis) is 1. The fourth-order valence-corrected chi connectivity index (χ4v) is 4.08. The van der Waals surface area contributed by atoms with E-state index in [0.717, 1.165) is 0 Å². The van der Waals surface area contributed by atoms with Crippen LogP contribution in [0.25, 0.3) is 0 Å². The summed E-state index contributed by atoms with van der Waals surface area (Å²) in [6.07, 6.45) is -1.95. The van der Waals surface area contributed by atoms with Crippen LogP contribution in [-0.4, -0.2) is 82.4 Å². The van der Waals surface area contributed by atoms with Gasteiger partial charge in [-0.1, -0.05) is 56.3 Å². The number of benzene rings is 2. The lowest BCUT2D eigenvalue weighted by Gasteiger charge is -2.27. The number of ketones is 2. The van der Waals surface area contributed by atoms with Crippen molar-refractivity contribution in [2.24, 2.45) is 5.92 Å². The van der Waals surface area contributed by atoms with Crippen LogP contribution in [0, 0.1) is 5.92 Å². The third kappa shape index (κ3) is 12.0. The Morgan fingerprint density at radius 3 is 1.96 bits per heavy atom. The molecule has 4 amide bonds. The van der Waals surface area contributed by atoms with E-state index in [9.17, 15) is 43.1 Å². The van der Waals surface area contributed by atoms with Gasteiger partial charge >= 0.3 is 12.1 Å². The molecule has 4 atom stereocenters. The SMILES string of the molecule is CC(C)[C@H](NC(=O)[C@H](Cc1ccc(O)cc1)NC(=O)OCc1ccccc1)C(=O)N[C@@H](C)C(=O)N[C@@H](CC(=O)O)C(=O)C(=O)CF. The first kappa shape index (κ1) is 36.8. The van der Waals surface area contributed by atoms with Gasteiger partial charge in [-0.3, -0.25) is 28.8 Å². The number of aromatic hydroxyl groups is 1. The number of Topliss-reactive ketones (excluding diaryl/α,β-unsaturated/α-hetero) is 2. The monoisotopic (exact) mass is 644 g/mol. The van der Waals surface area contributed by atoms with Crippen LogP contribution in [0.1, 0.15) is 38.3 Å². The van der Waals surface area contributed by atoms with Crippen LogP contribution >= 0.6 is 0 Å². The molecule has 0 aliphatic heterocycles. The van der Waals surface area contributed by atoms with E-state index >= 15 is 0 Å². The van der Waals surface area contributed by atoms with Crippen molar-refractivity contribution < 1.29 is 52.9 Å². The van der Waals surface area contributed by atoms with Crippen LogP contribution in [0.3, 0.4) is 0 Å². The summed E-state index contributed by atoms with van der Waals surface area (Å²) in [5.74, 6) is -7.70. The standard InChI is InChI=1S/C31H37FN4O10/c1-17(2)26(30(44)33-18(3)28(42)34-22(14-25(39)40)27(41)24(38)15-32)36-29(43)23(13-19-9-11-21(37)12-10-19)35-31(45)46-16-20-7-5-4-6-8-20/h4-12,17-18,22-23,26,37H,13-16H2,1-3H3,(H,33,44)(H,34,42)(H,35,45)(H,36,43)(H,39,40)/t18-,22-,23-,26-/m0/s1. The fraction of sp³-hybridized carbons (Fsp3) is 0.387. The van der Waals surface area contributed by atoms with E-state index in [0.29, 0.717) is 11.1 Å². The molecule has 2 rings (SSSR count). The van der Waals surface area contributed by atoms with E-state index in [1.165, 1.54) is 19.1 Å². The van der Waals surface area contributed by atoms with E-state index in [1.807, 2.05) is 5.32 Å². The Bertz CT molecular complexity index is 1400. The smallest absolute Gasteiger partial charge is 0.408 e. The Kier molecular flexibility index (Phi) is 14.3. The van der Waals surface area contributed by atoms with Crippen molar-refractivity contribution in [2.75, 3.05) is 6.67 Å². The second-order valence-electron chi connectivity index (χ2n) is 10.7. The summed E-state index contributed by atoms with van der Waals surface area (Å²) < 4.78 is 17.9. The molecular weight excluding hydrogens is 607 g/mol. The highest BCUT2D eigenvalue weighted by atomic mass is 19.1. The topological polar surface area (TPSA) is 217 Å². The Morgan fingerprint density at radius 1 is 0.761 bits per heavy atom. The number of carboxylic acids is 1. The molecule has 0 spiro atoms. The fourth-order valence-electron chi connectivity index (χ4n) is 4.08. The predicted molar refractivity (Wildman–Crippen MR) is 160 cm³/mol. The average Bonchev–Trinajstić information content (AvgIpc) is 3.02. The molecule has 2 aromatic rings. The summed E-state index contributed by atoms with van der Waals surface area (Å²) in [6.45, 7) is 2.67. The van der Waals surface area contributed by atoms with Gasteiger partial charge in [0.25, 0.3) is 0 Å². The number of carboxylic acid groups (broad SMARTS) is 1. The van der Waals surface area contributed by atoms with Crippen LogP contribution in [0.2, 0.25) is 0 Å². The second kappa shape index (κ2) is 17.8. The molecule has 0 aromatic heterocycles. The number of phenols is 1. The number of rotatable bonds is 17. The number of phenolic OH excluding ortho intramolecular Hbond substituents is 1. The number of hydrogen-bond acceptors (Lipinski definition) is 9. The van der Waals surface area contributed by atoms with Gasteiger partial charge in [0.15, 0.2) is 6.67 Å². The van der Waals surface area contributed by atoms with E-state index in [4.69, 9.17) is 9.84 Å². The molecule has 14 nitrogen and oxygen atoms in total. The Hall–Kier alpha value is -5.34. The molecule has 46 heavy (non-hydrogen) atoms. The van der Waals surface area contributed by atoms with Gasteiger partial charge in [-0.05, 0) is 36.1 Å². The summed E-state index contributed by atoms with van der Waals surface area (Å²) in [5.41, 5.74) is 1.27. The number of alkyl halides is 1. The first-order valence-electron chi connectivity index (χ1n) is 14.2. The number of aliphatic carboxylic acids is 1. The van der Waals surface area contributed by atoms with Crippen molar-refractivity contribution in [1.82, 2.24) is 21.3 Å². The number of nitrogens with one attached hydrogen (secondary N) is 4. The molecule has 0 bridgehead atoms. The third-order valence-corrected chi connectivity index (χ3v) is 6.60. The molecule has 0 heterocycles. The maximum Gasteiger partial charge on any atom is 0.408 e. The van der Waals surface area contributed by atoms with Gasteiger partial charge in [0.05, 0.1) is 6.42 Å². The van der Waals surface area contributed by atoms with Crippen molar-refractivity contribution in [3.05, 3.63) is 65.7 Å². The minimum atomic E-state index is -1.86. The summed E-state index contributed by atoms with van der Waals surface area (Å²) >= 11 is 0. The summed E-state index contributed by atoms with van der Waals surface area (Å²) in [7, 11) is 0. The number of halogens is 1. The van der Waals surface area contributed by atoms with Gasteiger partial charge in [-0.25, -0.2) is 9.18 Å². The van der Waals surface area contributed by atoms with Crippen LogP contribution in [0.15, 0.2) is 54.6 Å². The zero-order valence-corrected chi connectivity index (χ0v) is 25.4. The lowest BCUT2D eigenvalue weighted by molar-refractivity contribution is -0.143. The number of amides is 4. The molecule has 0 saturated heterocycles. The van der Waals surface area contributed by atoms with E-state index in [-0.39, 0.29) is 18.8 Å². The number of hydrogen-bond donors (Lipinski definition) is 6. The molecule has 0 aliphatic rings. The van der Waals surface area contributed by atoms with Crippen molar-refractivity contribution in [1.29, 1.82) is 0 Å². The zero-order valence-electron chi connectivity index (χ0n) is 25.4. The van der Waals surface area contributed by atoms with Crippen LogP contribution in [0.5, 0.6) is 5.75 Å². The van der Waals surface area contributed by atoms with Gasteiger partial charge < -0.3 is 36.2 Å². The minimum absolute atomic E-state index is 0.0117. The average molecular weight is 645 g/mol. The van der Waals surface area contributed by atoms with E-state index < -0.39 is 84.5 Å². The molecule has 0 radical (unpaired) electrons. The van der Waals surface area contributed by atoms with Crippen molar-refractivity contribution >= 4 is 41.4 Å². The van der Waals surface area contributed by atoms with Crippen molar-refractivity contribution in [3.8, 4) is 5.75 Å². The molecule has 15 heteroatoms. The first-order valence-corrected chi connectivity index (χ1v) is 14.2. The molecular formula is C31H37FN4O10. The highest BCUT2D eigenvalue weighted by Gasteiger charge is 2.33. The van der Waals surface area contributed by atoms with Crippen LogP contribution in [-0.2, 0) is 46.5 Å². The minimum Gasteiger partial charge on any atom is -0.508 e. The lowest BCUT2D eigenvalue weighted by atomic mass is 10.0. The van der Waals surface area contributed by atoms with Crippen LogP contribution in [0.4, 0.5) is 9.18 Å². The lowest BCUT2D eigenvalue weighted by Crippen LogP contribution is -2.59. The van der Waals surface area contributed by atoms with Crippen LogP contribution < -0.4 is 21.3 Å². The van der Waals surface area contributed by atoms with E-state index in [1.54, 1.807) is 56.3 Å². The van der Waals surface area contributed by atoms with E-state index in [2.05, 4.69) is 16.0 Å². The highest BCUT2D eigenvalue weighted by Crippen LogP contribution is 2.13. The Morgan fingerprint density at radius 2 is 1.39 bits per heavy atom. The zero-order chi connectivity index (χ0) is 34.4. The number of carbonyl (C=O) groups excluding carboxylic acids is 6. The Balaban J connectivity index is 2.14. The summed E-state index contributed by atoms with van der Waals surface area (Å²) in [6, 6.07) is 8.99. The molecule has 0 saturated carbocycles. The second-order valence-corrected chi connectivity index (χ2v) is 10.7. The third-order valence-electron chi connectivity index (χ3n) is 6.60. The molecule has 6 N–H and O–H groups in total. The van der Waals surface area contributed by atoms with Gasteiger partial charge in [0, 0.05) is 6.42 Å². The summed E-state index contributed by atoms with van der Waals surface area (Å²) in [5, 5.41) is 28.1. The largest absolute Gasteiger partial charge is 0.508 e. The van der Waals surface area contributed by atoms with Gasteiger partial charge in [0.1, 0.15) is 36.5 Å². The number of ether oxygens (including phenoxy) is 1. The Labute approximate surface area is 264 Å². The summed E-state index contributed by atoms with van der Waals surface area (Å²) in [4.78, 5) is 86.6. The molecule has 0 fully saturated rings. The normalized spacial score (nSPS) is 13.3. The first-order chi connectivity index (χ1) is 21.7. The van der Waals surface area contributed by atoms with Crippen molar-refractivity contribution in [2.45, 2.75) is 64.4 Å². The predicted octanol–water partition coefficient (Wildman–Crippen LogP) is 0.942. The van der Waals surface area contributed by atoms with Gasteiger partial charge in [-0.15, -0.1) is 0 Å². The molecule has 0 aliphatic carbocycles. The molecule has 248 valence electrons. The molecule has 0 unspecified atom stereocenters. The van der Waals surface area contributed by atoms with Gasteiger partial charge in [-0.2, -0.15) is 0 Å². The maximum atomic E-state index is 13.4. The highest BCUT2D eigenvalue weighted by molar-refractivity contribution is 6.40. The quantitative estimate of drug-likeness (QED) is 0.134. The molecule has 2 aromatic carbocycles. The maximum absolute atomic E-state index is 13.4. The van der Waals surface area contributed by atoms with Crippen molar-refractivity contribution in [3.63, 3.8) is 0 Å². The van der Waals surface area contributed by atoms with Gasteiger partial charge in [0.2, 0.25) is 29.3 Å². The number of carbonyl (C=O) groups is 7.